The largest absolute Gasteiger partial charge is 0.352 e. The van der Waals surface area contributed by atoms with Gasteiger partial charge in [-0.2, -0.15) is 0 Å². The Kier molecular flexibility index (Phi) is 8.22. The fraction of sp³-hybridized carbons (Fsp3) is 0.444. The number of nitrogens with zero attached hydrogens (tertiary/aromatic N) is 3. The van der Waals surface area contributed by atoms with Crippen LogP contribution in [0.4, 0.5) is 0 Å². The zero-order valence-electron chi connectivity index (χ0n) is 19.8. The summed E-state index contributed by atoms with van der Waals surface area (Å²) in [5.74, 6) is 1.06. The molecule has 1 unspecified atom stereocenters. The normalized spacial score (nSPS) is 16.1. The molecule has 0 radical (unpaired) electrons. The van der Waals surface area contributed by atoms with Crippen molar-refractivity contribution < 1.29 is 9.59 Å². The molecule has 7 heteroatoms. The van der Waals surface area contributed by atoms with Gasteiger partial charge < -0.3 is 14.8 Å². The highest BCUT2D eigenvalue weighted by Gasteiger charge is 2.24. The SMILES string of the molecule is CC1CCCCN1C(=O)Cn1c(CCCCCNC(=O)c2ccc(Cl)cc2)nc2ccccc21. The van der Waals surface area contributed by atoms with E-state index in [1.54, 1.807) is 24.3 Å². The van der Waals surface area contributed by atoms with Crippen LogP contribution < -0.4 is 5.32 Å². The molecule has 1 atom stereocenters. The molecule has 1 N–H and O–H groups in total. The van der Waals surface area contributed by atoms with Crippen LogP contribution in [0.15, 0.2) is 48.5 Å². The fourth-order valence-electron chi connectivity index (χ4n) is 4.68. The molecule has 1 aliphatic rings. The lowest BCUT2D eigenvalue weighted by Gasteiger charge is -2.33. The van der Waals surface area contributed by atoms with Crippen molar-refractivity contribution in [1.82, 2.24) is 19.8 Å². The minimum Gasteiger partial charge on any atom is -0.352 e. The molecule has 4 rings (SSSR count). The summed E-state index contributed by atoms with van der Waals surface area (Å²) >= 11 is 5.88. The van der Waals surface area contributed by atoms with Gasteiger partial charge in [0.1, 0.15) is 12.4 Å². The number of rotatable bonds is 9. The highest BCUT2D eigenvalue weighted by Crippen LogP contribution is 2.21. The van der Waals surface area contributed by atoms with E-state index in [1.807, 2.05) is 29.2 Å². The monoisotopic (exact) mass is 480 g/mol. The number of fused-ring (bicyclic) bond motifs is 1. The average Bonchev–Trinajstić information content (AvgIpc) is 3.19. The van der Waals surface area contributed by atoms with Crippen molar-refractivity contribution in [2.75, 3.05) is 13.1 Å². The first-order chi connectivity index (χ1) is 16.5. The molecule has 1 fully saturated rings. The van der Waals surface area contributed by atoms with Gasteiger partial charge in [0, 0.05) is 36.1 Å². The summed E-state index contributed by atoms with van der Waals surface area (Å²) in [6.07, 6.45) is 6.99. The van der Waals surface area contributed by atoms with Crippen molar-refractivity contribution in [3.63, 3.8) is 0 Å². The highest BCUT2D eigenvalue weighted by molar-refractivity contribution is 6.30. The molecule has 0 spiro atoms. The van der Waals surface area contributed by atoms with Crippen molar-refractivity contribution in [2.24, 2.45) is 0 Å². The first kappa shape index (κ1) is 24.3. The Morgan fingerprint density at radius 1 is 1.06 bits per heavy atom. The lowest BCUT2D eigenvalue weighted by atomic mass is 10.0. The summed E-state index contributed by atoms with van der Waals surface area (Å²) in [5, 5.41) is 3.58. The molecule has 2 heterocycles. The van der Waals surface area contributed by atoms with Gasteiger partial charge in [0.05, 0.1) is 11.0 Å². The molecule has 34 heavy (non-hydrogen) atoms. The van der Waals surface area contributed by atoms with E-state index >= 15 is 0 Å². The number of carbonyl (C=O) groups excluding carboxylic acids is 2. The zero-order valence-corrected chi connectivity index (χ0v) is 20.6. The predicted octanol–water partition coefficient (Wildman–Crippen LogP) is 5.23. The van der Waals surface area contributed by atoms with Gasteiger partial charge >= 0.3 is 0 Å². The zero-order chi connectivity index (χ0) is 23.9. The molecule has 0 aliphatic carbocycles. The van der Waals surface area contributed by atoms with Crippen LogP contribution in [-0.4, -0.2) is 45.4 Å². The maximum atomic E-state index is 13.1. The molecule has 0 saturated carbocycles. The van der Waals surface area contributed by atoms with Gasteiger partial charge in [-0.25, -0.2) is 4.98 Å². The standard InChI is InChI=1S/C27H33ClN4O2/c1-20-9-6-8-18-31(20)26(33)19-32-24-11-5-4-10-23(24)30-25(32)12-3-2-7-17-29-27(34)21-13-15-22(28)16-14-21/h4-5,10-11,13-16,20H,2-3,6-9,12,17-19H2,1H3,(H,29,34). The fourth-order valence-corrected chi connectivity index (χ4v) is 4.80. The maximum absolute atomic E-state index is 13.1. The van der Waals surface area contributed by atoms with Gasteiger partial charge in [-0.15, -0.1) is 0 Å². The van der Waals surface area contributed by atoms with Crippen LogP contribution in [0.25, 0.3) is 11.0 Å². The minimum atomic E-state index is -0.0797. The van der Waals surface area contributed by atoms with E-state index in [0.717, 1.165) is 61.9 Å². The third kappa shape index (κ3) is 5.98. The number of aromatic nitrogens is 2. The summed E-state index contributed by atoms with van der Waals surface area (Å²) in [5.41, 5.74) is 2.57. The molecule has 1 aromatic heterocycles. The van der Waals surface area contributed by atoms with Crippen molar-refractivity contribution in [3.8, 4) is 0 Å². The van der Waals surface area contributed by atoms with Gasteiger partial charge in [-0.05, 0) is 75.4 Å². The molecule has 6 nitrogen and oxygen atoms in total. The van der Waals surface area contributed by atoms with Crippen LogP contribution in [0.2, 0.25) is 5.02 Å². The van der Waals surface area contributed by atoms with E-state index in [9.17, 15) is 9.59 Å². The number of piperidine rings is 1. The number of hydrogen-bond donors (Lipinski definition) is 1. The Labute approximate surface area is 206 Å². The summed E-state index contributed by atoms with van der Waals surface area (Å²) in [7, 11) is 0. The van der Waals surface area contributed by atoms with Gasteiger partial charge in [0.15, 0.2) is 0 Å². The van der Waals surface area contributed by atoms with E-state index in [0.29, 0.717) is 29.7 Å². The maximum Gasteiger partial charge on any atom is 0.251 e. The van der Waals surface area contributed by atoms with Crippen molar-refractivity contribution in [1.29, 1.82) is 0 Å². The second-order valence-corrected chi connectivity index (χ2v) is 9.54. The minimum absolute atomic E-state index is 0.0797. The quantitative estimate of drug-likeness (QED) is 0.426. The number of halogens is 1. The van der Waals surface area contributed by atoms with Gasteiger partial charge in [0.25, 0.3) is 5.91 Å². The first-order valence-electron chi connectivity index (χ1n) is 12.3. The Balaban J connectivity index is 1.30. The molecule has 2 aromatic carbocycles. The summed E-state index contributed by atoms with van der Waals surface area (Å²) in [6.45, 7) is 3.97. The third-order valence-electron chi connectivity index (χ3n) is 6.62. The predicted molar refractivity (Wildman–Crippen MR) is 136 cm³/mol. The number of imidazole rings is 1. The van der Waals surface area contributed by atoms with E-state index in [1.165, 1.54) is 6.42 Å². The number of aryl methyl sites for hydroxylation is 1. The number of unbranched alkanes of at least 4 members (excludes halogenated alkanes) is 2. The molecule has 1 aliphatic heterocycles. The smallest absolute Gasteiger partial charge is 0.251 e. The molecule has 2 amide bonds. The second-order valence-electron chi connectivity index (χ2n) is 9.11. The molecule has 1 saturated heterocycles. The average molecular weight is 481 g/mol. The topological polar surface area (TPSA) is 67.2 Å². The number of hydrogen-bond acceptors (Lipinski definition) is 3. The molecular formula is C27H33ClN4O2. The summed E-state index contributed by atoms with van der Waals surface area (Å²) < 4.78 is 2.10. The van der Waals surface area contributed by atoms with E-state index in [2.05, 4.69) is 16.8 Å². The number of likely N-dealkylation sites (tertiary alicyclic amines) is 1. The number of benzene rings is 2. The van der Waals surface area contributed by atoms with Crippen molar-refractivity contribution in [3.05, 3.63) is 64.9 Å². The Bertz CT molecular complexity index is 1130. The van der Waals surface area contributed by atoms with E-state index < -0.39 is 0 Å². The third-order valence-corrected chi connectivity index (χ3v) is 6.87. The second kappa shape index (κ2) is 11.5. The molecule has 180 valence electrons. The lowest BCUT2D eigenvalue weighted by Crippen LogP contribution is -2.43. The van der Waals surface area contributed by atoms with Crippen LogP contribution in [0.3, 0.4) is 0 Å². The number of amides is 2. The number of nitrogens with one attached hydrogen (secondary N) is 1. The van der Waals surface area contributed by atoms with Gasteiger partial charge in [0.2, 0.25) is 5.91 Å². The van der Waals surface area contributed by atoms with Crippen LogP contribution >= 0.6 is 11.6 Å². The van der Waals surface area contributed by atoms with Gasteiger partial charge in [-0.1, -0.05) is 30.2 Å². The van der Waals surface area contributed by atoms with E-state index in [-0.39, 0.29) is 11.8 Å². The highest BCUT2D eigenvalue weighted by atomic mass is 35.5. The molecular weight excluding hydrogens is 448 g/mol. The Hall–Kier alpha value is -2.86. The van der Waals surface area contributed by atoms with Crippen LogP contribution in [0, 0.1) is 0 Å². The summed E-state index contributed by atoms with van der Waals surface area (Å²) in [4.78, 5) is 32.2. The molecule has 3 aromatic rings. The number of para-hydroxylation sites is 2. The van der Waals surface area contributed by atoms with E-state index in [4.69, 9.17) is 16.6 Å². The summed E-state index contributed by atoms with van der Waals surface area (Å²) in [6, 6.07) is 15.3. The Morgan fingerprint density at radius 2 is 1.85 bits per heavy atom. The lowest BCUT2D eigenvalue weighted by molar-refractivity contribution is -0.135. The first-order valence-corrected chi connectivity index (χ1v) is 12.7. The van der Waals surface area contributed by atoms with Crippen molar-refractivity contribution in [2.45, 2.75) is 64.5 Å². The molecule has 0 bridgehead atoms. The Morgan fingerprint density at radius 3 is 2.65 bits per heavy atom. The van der Waals surface area contributed by atoms with Crippen molar-refractivity contribution >= 4 is 34.4 Å². The van der Waals surface area contributed by atoms with Crippen LogP contribution in [-0.2, 0) is 17.8 Å². The number of carbonyl (C=O) groups is 2. The van der Waals surface area contributed by atoms with Crippen LogP contribution in [0.1, 0.15) is 61.6 Å². The van der Waals surface area contributed by atoms with Crippen LogP contribution in [0.5, 0.6) is 0 Å². The van der Waals surface area contributed by atoms with Gasteiger partial charge in [-0.3, -0.25) is 9.59 Å².